The number of hydrogen-bond donors (Lipinski definition) is 1. The molecule has 2 aromatic heterocycles. The third kappa shape index (κ3) is 4.17. The number of piperidine rings is 1. The molecule has 3 heterocycles. The first-order chi connectivity index (χ1) is 18.3. The number of rotatable bonds is 7. The second-order valence-corrected chi connectivity index (χ2v) is 11.4. The molecule has 6 rings (SSSR count). The van der Waals surface area contributed by atoms with Crippen molar-refractivity contribution >= 4 is 33.9 Å². The second kappa shape index (κ2) is 9.45. The van der Waals surface area contributed by atoms with Crippen molar-refractivity contribution in [3.8, 4) is 0 Å². The smallest absolute Gasteiger partial charge is 0.333 e. The van der Waals surface area contributed by atoms with Gasteiger partial charge in [-0.15, -0.1) is 11.8 Å². The number of thioether (sulfide) groups is 1. The van der Waals surface area contributed by atoms with Gasteiger partial charge >= 0.3 is 6.55 Å². The molecule has 0 amide bonds. The maximum atomic E-state index is 13.6. The van der Waals surface area contributed by atoms with E-state index in [4.69, 9.17) is 0 Å². The first kappa shape index (κ1) is 25.0. The molecule has 1 N–H and O–H groups in total. The zero-order valence-electron chi connectivity index (χ0n) is 21.9. The second-order valence-electron chi connectivity index (χ2n) is 10.5. The zero-order chi connectivity index (χ0) is 26.7. The number of aromatic nitrogens is 3. The van der Waals surface area contributed by atoms with Crippen LogP contribution in [-0.2, 0) is 7.05 Å². The fourth-order valence-corrected chi connectivity index (χ4v) is 6.79. The van der Waals surface area contributed by atoms with E-state index in [1.807, 2.05) is 36.7 Å². The van der Waals surface area contributed by atoms with Crippen LogP contribution >= 0.6 is 11.8 Å². The molecular weight excluding hydrogens is 504 g/mol. The molecule has 1 saturated carbocycles. The van der Waals surface area contributed by atoms with Gasteiger partial charge in [-0.2, -0.15) is 13.9 Å². The van der Waals surface area contributed by atoms with Gasteiger partial charge in [0.05, 0.1) is 18.1 Å². The lowest BCUT2D eigenvalue weighted by Crippen LogP contribution is -2.26. The van der Waals surface area contributed by atoms with Crippen LogP contribution in [0.4, 0.5) is 20.2 Å². The molecule has 0 spiro atoms. The van der Waals surface area contributed by atoms with Crippen molar-refractivity contribution in [2.75, 3.05) is 29.6 Å². The first-order valence-corrected chi connectivity index (χ1v) is 14.1. The monoisotopic (exact) mass is 535 g/mol. The van der Waals surface area contributed by atoms with Crippen LogP contribution in [0.2, 0.25) is 0 Å². The molecule has 6 nitrogen and oxygen atoms in total. The highest BCUT2D eigenvalue weighted by Gasteiger charge is 2.57. The van der Waals surface area contributed by atoms with E-state index in [0.717, 1.165) is 52.1 Å². The van der Waals surface area contributed by atoms with Crippen LogP contribution in [0, 0.1) is 18.8 Å². The fraction of sp³-hybridized carbons (Fsp3) is 0.379. The molecule has 2 unspecified atom stereocenters. The van der Waals surface area contributed by atoms with E-state index in [9.17, 15) is 13.6 Å². The van der Waals surface area contributed by atoms with E-state index < -0.39 is 6.55 Å². The van der Waals surface area contributed by atoms with E-state index in [-0.39, 0.29) is 17.5 Å². The van der Waals surface area contributed by atoms with Crippen molar-refractivity contribution in [1.82, 2.24) is 14.3 Å². The van der Waals surface area contributed by atoms with Crippen molar-refractivity contribution in [2.45, 2.75) is 37.3 Å². The van der Waals surface area contributed by atoms with Crippen LogP contribution < -0.4 is 15.8 Å². The third-order valence-electron chi connectivity index (χ3n) is 8.20. The molecule has 2 aromatic carbocycles. The van der Waals surface area contributed by atoms with Crippen LogP contribution in [0.1, 0.15) is 42.3 Å². The summed E-state index contributed by atoms with van der Waals surface area (Å²) in [6.45, 7) is 3.10. The average molecular weight is 536 g/mol. The molecule has 1 saturated heterocycles. The number of hydrogen-bond acceptors (Lipinski definition) is 5. The van der Waals surface area contributed by atoms with E-state index in [0.29, 0.717) is 16.5 Å². The minimum Gasteiger partial charge on any atom is -0.378 e. The van der Waals surface area contributed by atoms with Gasteiger partial charge in [0, 0.05) is 53.8 Å². The molecule has 1 aliphatic carbocycles. The molecule has 4 aromatic rings. The van der Waals surface area contributed by atoms with Crippen LogP contribution in [0.5, 0.6) is 0 Å². The Morgan fingerprint density at radius 1 is 1.11 bits per heavy atom. The van der Waals surface area contributed by atoms with Crippen molar-refractivity contribution in [2.24, 2.45) is 18.9 Å². The maximum Gasteiger partial charge on any atom is 0.333 e. The molecule has 1 aliphatic heterocycles. The number of nitrogens with one attached hydrogen (secondary N) is 1. The van der Waals surface area contributed by atoms with Gasteiger partial charge < -0.3 is 14.8 Å². The summed E-state index contributed by atoms with van der Waals surface area (Å²) in [7, 11) is 1.87. The maximum absolute atomic E-state index is 13.6. The summed E-state index contributed by atoms with van der Waals surface area (Å²) in [4.78, 5) is 16.9. The van der Waals surface area contributed by atoms with Gasteiger partial charge in [-0.05, 0) is 72.7 Å². The molecule has 9 heteroatoms. The van der Waals surface area contributed by atoms with Crippen LogP contribution in [0.3, 0.4) is 0 Å². The Balaban J connectivity index is 1.31. The predicted octanol–water partition coefficient (Wildman–Crippen LogP) is 6.18. The number of anilines is 2. The number of pyridine rings is 1. The van der Waals surface area contributed by atoms with E-state index in [1.54, 1.807) is 11.8 Å². The number of nitrogens with zero attached hydrogens (tertiary/aromatic N) is 4. The zero-order valence-corrected chi connectivity index (χ0v) is 22.7. The minimum atomic E-state index is -2.63. The fourth-order valence-electron chi connectivity index (χ4n) is 6.23. The Kier molecular flexibility index (Phi) is 6.21. The van der Waals surface area contributed by atoms with Crippen LogP contribution in [-0.4, -0.2) is 33.7 Å². The predicted molar refractivity (Wildman–Crippen MR) is 150 cm³/mol. The summed E-state index contributed by atoms with van der Waals surface area (Å²) >= 11 is 1.71. The summed E-state index contributed by atoms with van der Waals surface area (Å²) in [5.74, 6) is 1.07. The standard InChI is InChI=1S/C29H31F2N5OS/c1-16-9-19(17(2)33-24-7-5-6-8-26(24)38-4)20-11-25(34(3)28(37)21(20)10-16)27-22-14-35(15-23(22)27)18-12-32-36(13-18)29(30)31/h5-13,17,22-23,27,29,33H,14-15H2,1-4H3/t17-,22+,23?,27?/m1/s1. The number of aryl methyl sites for hydroxylation is 1. The Labute approximate surface area is 224 Å². The number of halogens is 2. The third-order valence-corrected chi connectivity index (χ3v) is 9.00. The first-order valence-electron chi connectivity index (χ1n) is 12.9. The largest absolute Gasteiger partial charge is 0.378 e. The lowest BCUT2D eigenvalue weighted by Gasteiger charge is -2.23. The molecule has 38 heavy (non-hydrogen) atoms. The van der Waals surface area contributed by atoms with Crippen LogP contribution in [0.25, 0.3) is 10.8 Å². The molecular formula is C29H31F2N5OS. The average Bonchev–Trinajstić information content (AvgIpc) is 3.25. The summed E-state index contributed by atoms with van der Waals surface area (Å²) < 4.78 is 28.4. The Bertz CT molecular complexity index is 1570. The lowest BCUT2D eigenvalue weighted by atomic mass is 9.96. The quantitative estimate of drug-likeness (QED) is 0.286. The van der Waals surface area contributed by atoms with Gasteiger partial charge in [0.1, 0.15) is 0 Å². The number of fused-ring (bicyclic) bond motifs is 2. The van der Waals surface area contributed by atoms with E-state index in [2.05, 4.69) is 52.8 Å². The van der Waals surface area contributed by atoms with Crippen molar-refractivity contribution in [1.29, 1.82) is 0 Å². The van der Waals surface area contributed by atoms with Gasteiger partial charge in [-0.1, -0.05) is 18.2 Å². The molecule has 0 bridgehead atoms. The number of alkyl halides is 2. The summed E-state index contributed by atoms with van der Waals surface area (Å²) in [5.41, 5.74) is 5.07. The molecule has 2 aliphatic rings. The molecule has 2 fully saturated rings. The minimum absolute atomic E-state index is 0.00576. The highest BCUT2D eigenvalue weighted by Crippen LogP contribution is 2.58. The van der Waals surface area contributed by atoms with Crippen molar-refractivity contribution in [3.05, 3.63) is 82.0 Å². The van der Waals surface area contributed by atoms with Gasteiger partial charge in [0.25, 0.3) is 5.56 Å². The van der Waals surface area contributed by atoms with Gasteiger partial charge in [0.2, 0.25) is 0 Å². The summed E-state index contributed by atoms with van der Waals surface area (Å²) in [6, 6.07) is 14.7. The lowest BCUT2D eigenvalue weighted by molar-refractivity contribution is 0.0566. The van der Waals surface area contributed by atoms with Crippen LogP contribution in [0.15, 0.2) is 64.5 Å². The summed E-state index contributed by atoms with van der Waals surface area (Å²) in [5, 5.41) is 9.19. The van der Waals surface area contributed by atoms with Crippen molar-refractivity contribution < 1.29 is 8.78 Å². The van der Waals surface area contributed by atoms with E-state index in [1.165, 1.54) is 17.3 Å². The molecule has 4 atom stereocenters. The summed E-state index contributed by atoms with van der Waals surface area (Å²) in [6.07, 6.45) is 4.99. The molecule has 0 radical (unpaired) electrons. The number of para-hydroxylation sites is 1. The van der Waals surface area contributed by atoms with Gasteiger partial charge in [-0.3, -0.25) is 4.79 Å². The Hall–Kier alpha value is -3.33. The highest BCUT2D eigenvalue weighted by atomic mass is 32.2. The Morgan fingerprint density at radius 3 is 2.53 bits per heavy atom. The normalized spacial score (nSPS) is 21.2. The SMILES string of the molecule is CSc1ccccc1N[C@H](C)c1cc(C)cc2c(=O)n(C)c(C3C4CN(c5cnn(C(F)F)c5)C[C@@H]43)cc12. The molecule has 198 valence electrons. The highest BCUT2D eigenvalue weighted by molar-refractivity contribution is 7.98. The number of benzene rings is 2. The van der Waals surface area contributed by atoms with Crippen molar-refractivity contribution in [3.63, 3.8) is 0 Å². The topological polar surface area (TPSA) is 55.1 Å². The van der Waals surface area contributed by atoms with Gasteiger partial charge in [-0.25, -0.2) is 4.68 Å². The Morgan fingerprint density at radius 2 is 1.84 bits per heavy atom. The van der Waals surface area contributed by atoms with Gasteiger partial charge in [0.15, 0.2) is 0 Å². The van der Waals surface area contributed by atoms with E-state index >= 15 is 0 Å².